The first-order chi connectivity index (χ1) is 11.7. The van der Waals surface area contributed by atoms with Crippen LogP contribution in [-0.4, -0.2) is 34.7 Å². The molecule has 1 fully saturated rings. The topological polar surface area (TPSA) is 65.2 Å². The third kappa shape index (κ3) is 4.02. The monoisotopic (exact) mass is 322 g/mol. The van der Waals surface area contributed by atoms with Gasteiger partial charge in [-0.05, 0) is 37.1 Å². The van der Waals surface area contributed by atoms with Gasteiger partial charge in [0.05, 0.1) is 12.1 Å². The molecule has 0 radical (unpaired) electrons. The van der Waals surface area contributed by atoms with Gasteiger partial charge >= 0.3 is 0 Å². The van der Waals surface area contributed by atoms with Gasteiger partial charge in [0.15, 0.2) is 0 Å². The third-order valence-electron chi connectivity index (χ3n) is 4.38. The Kier molecular flexibility index (Phi) is 5.26. The maximum atomic E-state index is 9.84. The zero-order valence-corrected chi connectivity index (χ0v) is 13.5. The van der Waals surface area contributed by atoms with Gasteiger partial charge in [-0.25, -0.2) is 0 Å². The van der Waals surface area contributed by atoms with Crippen LogP contribution in [-0.2, 0) is 0 Å². The molecule has 0 bridgehead atoms. The summed E-state index contributed by atoms with van der Waals surface area (Å²) in [5.74, 6) is 0.484. The van der Waals surface area contributed by atoms with Crippen molar-refractivity contribution in [1.29, 1.82) is 0 Å². The Morgan fingerprint density at radius 2 is 1.12 bits per heavy atom. The average Bonchev–Trinajstić information content (AvgIpc) is 2.61. The number of hydrogen-bond acceptors (Lipinski definition) is 4. The van der Waals surface area contributed by atoms with Gasteiger partial charge < -0.3 is 10.2 Å². The fourth-order valence-corrected chi connectivity index (χ4v) is 2.98. The molecule has 0 saturated heterocycles. The van der Waals surface area contributed by atoms with E-state index < -0.39 is 0 Å². The van der Waals surface area contributed by atoms with Crippen LogP contribution in [0.4, 0.5) is 0 Å². The minimum atomic E-state index is 0.112. The largest absolute Gasteiger partial charge is 0.507 e. The van der Waals surface area contributed by atoms with E-state index in [1.54, 1.807) is 36.7 Å². The molecule has 124 valence electrons. The van der Waals surface area contributed by atoms with Crippen molar-refractivity contribution in [3.05, 3.63) is 59.7 Å². The quantitative estimate of drug-likeness (QED) is 0.837. The van der Waals surface area contributed by atoms with Crippen molar-refractivity contribution < 1.29 is 10.2 Å². The molecule has 4 heteroatoms. The van der Waals surface area contributed by atoms with E-state index in [0.29, 0.717) is 0 Å². The number of hydrogen-bond donors (Lipinski definition) is 2. The molecule has 2 unspecified atom stereocenters. The van der Waals surface area contributed by atoms with Gasteiger partial charge in [0.25, 0.3) is 0 Å². The summed E-state index contributed by atoms with van der Waals surface area (Å²) in [6.07, 6.45) is 7.76. The highest BCUT2D eigenvalue weighted by Crippen LogP contribution is 2.25. The number of rotatable bonds is 4. The molecule has 4 nitrogen and oxygen atoms in total. The third-order valence-corrected chi connectivity index (χ3v) is 4.38. The van der Waals surface area contributed by atoms with Crippen LogP contribution in [0.5, 0.6) is 11.5 Å². The first-order valence-corrected chi connectivity index (χ1v) is 8.36. The molecule has 1 aliphatic carbocycles. The van der Waals surface area contributed by atoms with Crippen LogP contribution in [0.1, 0.15) is 36.8 Å². The number of benzene rings is 2. The van der Waals surface area contributed by atoms with Gasteiger partial charge in [-0.2, -0.15) is 0 Å². The predicted octanol–water partition coefficient (Wildman–Crippen LogP) is 3.95. The molecule has 0 spiro atoms. The van der Waals surface area contributed by atoms with E-state index in [1.165, 1.54) is 0 Å². The van der Waals surface area contributed by atoms with Crippen molar-refractivity contribution in [2.24, 2.45) is 9.98 Å². The first kappa shape index (κ1) is 16.2. The van der Waals surface area contributed by atoms with Crippen LogP contribution in [0, 0.1) is 0 Å². The van der Waals surface area contributed by atoms with Crippen LogP contribution >= 0.6 is 0 Å². The zero-order valence-electron chi connectivity index (χ0n) is 13.5. The number of phenols is 2. The number of para-hydroxylation sites is 2. The summed E-state index contributed by atoms with van der Waals surface area (Å²) in [5.41, 5.74) is 1.46. The number of phenolic OH excluding ortho intramolecular Hbond substituents is 2. The van der Waals surface area contributed by atoms with Crippen molar-refractivity contribution >= 4 is 12.4 Å². The second kappa shape index (κ2) is 7.77. The summed E-state index contributed by atoms with van der Waals surface area (Å²) in [7, 11) is 0. The number of aliphatic imine (C=N–C) groups is 2. The Morgan fingerprint density at radius 3 is 1.54 bits per heavy atom. The molecule has 1 aliphatic rings. The van der Waals surface area contributed by atoms with Crippen molar-refractivity contribution in [3.8, 4) is 11.5 Å². The van der Waals surface area contributed by atoms with Crippen molar-refractivity contribution in [1.82, 2.24) is 0 Å². The predicted molar refractivity (Wildman–Crippen MR) is 97.4 cm³/mol. The fourth-order valence-electron chi connectivity index (χ4n) is 2.98. The number of aromatic hydroxyl groups is 2. The molecule has 0 heterocycles. The summed E-state index contributed by atoms with van der Waals surface area (Å²) in [4.78, 5) is 9.34. The molecular formula is C20H22N2O2. The molecular weight excluding hydrogens is 300 g/mol. The van der Waals surface area contributed by atoms with Gasteiger partial charge in [-0.3, -0.25) is 9.98 Å². The minimum Gasteiger partial charge on any atom is -0.507 e. The highest BCUT2D eigenvalue weighted by atomic mass is 16.3. The first-order valence-electron chi connectivity index (χ1n) is 8.36. The molecule has 3 rings (SSSR count). The van der Waals surface area contributed by atoms with Crippen LogP contribution in [0.3, 0.4) is 0 Å². The van der Waals surface area contributed by atoms with Crippen molar-refractivity contribution in [3.63, 3.8) is 0 Å². The smallest absolute Gasteiger partial charge is 0.124 e. The normalized spacial score (nSPS) is 21.5. The molecule has 0 aliphatic heterocycles. The van der Waals surface area contributed by atoms with E-state index in [2.05, 4.69) is 9.98 Å². The van der Waals surface area contributed by atoms with Crippen LogP contribution in [0.25, 0.3) is 0 Å². The van der Waals surface area contributed by atoms with Gasteiger partial charge in [-0.1, -0.05) is 37.1 Å². The Labute approximate surface area is 142 Å². The van der Waals surface area contributed by atoms with Crippen molar-refractivity contribution in [2.45, 2.75) is 37.8 Å². The SMILES string of the molecule is Oc1ccccc1/C=N/C1CCCCC1/N=C/c1ccccc1O. The molecule has 2 N–H and O–H groups in total. The Bertz CT molecular complexity index is 676. The maximum absolute atomic E-state index is 9.84. The lowest BCUT2D eigenvalue weighted by Crippen LogP contribution is -2.27. The average molecular weight is 322 g/mol. The molecule has 0 amide bonds. The van der Waals surface area contributed by atoms with Crippen molar-refractivity contribution in [2.75, 3.05) is 0 Å². The van der Waals surface area contributed by atoms with Gasteiger partial charge in [-0.15, -0.1) is 0 Å². The van der Waals surface area contributed by atoms with Gasteiger partial charge in [0.1, 0.15) is 11.5 Å². The molecule has 1 saturated carbocycles. The highest BCUT2D eigenvalue weighted by molar-refractivity contribution is 5.84. The summed E-state index contributed by atoms with van der Waals surface area (Å²) in [5, 5.41) is 19.7. The van der Waals surface area contributed by atoms with E-state index in [1.807, 2.05) is 24.3 Å². The van der Waals surface area contributed by atoms with E-state index in [4.69, 9.17) is 0 Å². The summed E-state index contributed by atoms with van der Waals surface area (Å²) >= 11 is 0. The molecule has 2 aromatic rings. The molecule has 2 aromatic carbocycles. The summed E-state index contributed by atoms with van der Waals surface area (Å²) in [6.45, 7) is 0. The van der Waals surface area contributed by atoms with E-state index in [0.717, 1.165) is 36.8 Å². The lowest BCUT2D eigenvalue weighted by molar-refractivity contribution is 0.390. The zero-order chi connectivity index (χ0) is 16.8. The standard InChI is InChI=1S/C20H22N2O2/c23-19-11-5-1-7-15(19)13-21-17-9-3-4-10-18(17)22-14-16-8-2-6-12-20(16)24/h1-2,5-8,11-14,17-18,23-24H,3-4,9-10H2/b21-13+,22-14+. The second-order valence-corrected chi connectivity index (χ2v) is 6.09. The van der Waals surface area contributed by atoms with E-state index in [9.17, 15) is 10.2 Å². The second-order valence-electron chi connectivity index (χ2n) is 6.09. The molecule has 24 heavy (non-hydrogen) atoms. The van der Waals surface area contributed by atoms with Gasteiger partial charge in [0, 0.05) is 23.6 Å². The summed E-state index contributed by atoms with van der Waals surface area (Å²) < 4.78 is 0. The van der Waals surface area contributed by atoms with E-state index >= 15 is 0 Å². The van der Waals surface area contributed by atoms with Crippen LogP contribution in [0.2, 0.25) is 0 Å². The van der Waals surface area contributed by atoms with E-state index in [-0.39, 0.29) is 23.6 Å². The highest BCUT2D eigenvalue weighted by Gasteiger charge is 2.23. The maximum Gasteiger partial charge on any atom is 0.124 e. The Morgan fingerprint density at radius 1 is 0.708 bits per heavy atom. The Hall–Kier alpha value is -2.62. The fraction of sp³-hybridized carbons (Fsp3) is 0.300. The van der Waals surface area contributed by atoms with Crippen LogP contribution < -0.4 is 0 Å². The number of nitrogens with zero attached hydrogens (tertiary/aromatic N) is 2. The van der Waals surface area contributed by atoms with Crippen LogP contribution in [0.15, 0.2) is 58.5 Å². The lowest BCUT2D eigenvalue weighted by atomic mass is 9.91. The molecule has 0 aromatic heterocycles. The lowest BCUT2D eigenvalue weighted by Gasteiger charge is -2.25. The van der Waals surface area contributed by atoms with Gasteiger partial charge in [0.2, 0.25) is 0 Å². The molecule has 2 atom stereocenters. The minimum absolute atomic E-state index is 0.112. The summed E-state index contributed by atoms with van der Waals surface area (Å²) in [6, 6.07) is 14.6. The Balaban J connectivity index is 1.74.